The number of hydrogen-bond acceptors (Lipinski definition) is 5. The third-order valence-corrected chi connectivity index (χ3v) is 1.47. The van der Waals surface area contributed by atoms with E-state index in [1.54, 1.807) is 34.6 Å². The minimum absolute atomic E-state index is 0.129. The average Bonchev–Trinajstić information content (AvgIpc) is 1.97. The number of nitroso groups, excluding NO2 is 1. The van der Waals surface area contributed by atoms with Crippen LogP contribution in [0, 0.1) is 4.91 Å². The number of carbonyl (C=O) groups excluding carboxylic acids is 1. The minimum atomic E-state index is -0.828. The highest BCUT2D eigenvalue weighted by Gasteiger charge is 2.26. The molecule has 0 aliphatic rings. The molecule has 0 spiro atoms. The fraction of sp³-hybridized carbons (Fsp3) is 0.889. The van der Waals surface area contributed by atoms with E-state index >= 15 is 0 Å². The van der Waals surface area contributed by atoms with Crippen molar-refractivity contribution >= 4 is 6.09 Å². The number of hydrogen-bond donors (Lipinski definition) is 2. The van der Waals surface area contributed by atoms with Crippen molar-refractivity contribution in [2.75, 3.05) is 6.54 Å². The molecule has 0 aromatic carbocycles. The van der Waals surface area contributed by atoms with E-state index in [4.69, 9.17) is 9.94 Å². The second kappa shape index (κ2) is 5.11. The summed E-state index contributed by atoms with van der Waals surface area (Å²) in [5, 5.41) is 13.9. The van der Waals surface area contributed by atoms with Crippen LogP contribution in [0.4, 0.5) is 4.79 Å². The molecule has 0 aliphatic heterocycles. The van der Waals surface area contributed by atoms with E-state index in [1.165, 1.54) is 0 Å². The van der Waals surface area contributed by atoms with Gasteiger partial charge in [-0.2, -0.15) is 0 Å². The molecular formula is C9H19N3O4. The molecule has 7 heteroatoms. The number of rotatable bonds is 4. The van der Waals surface area contributed by atoms with Gasteiger partial charge in [0.05, 0.1) is 17.4 Å². The molecule has 0 fully saturated rings. The molecule has 2 N–H and O–H groups in total. The molecule has 0 saturated heterocycles. The fourth-order valence-electron chi connectivity index (χ4n) is 1.00. The molecule has 0 bridgehead atoms. The van der Waals surface area contributed by atoms with E-state index < -0.39 is 17.2 Å². The molecule has 0 aromatic heterocycles. The van der Waals surface area contributed by atoms with E-state index in [0.717, 1.165) is 0 Å². The Morgan fingerprint density at radius 2 is 1.88 bits per heavy atom. The van der Waals surface area contributed by atoms with Crippen molar-refractivity contribution in [3.05, 3.63) is 4.91 Å². The smallest absolute Gasteiger partial charge is 0.408 e. The van der Waals surface area contributed by atoms with Crippen molar-refractivity contribution in [2.24, 2.45) is 5.29 Å². The summed E-state index contributed by atoms with van der Waals surface area (Å²) < 4.78 is 5.03. The quantitative estimate of drug-likeness (QED) is 0.569. The highest BCUT2D eigenvalue weighted by molar-refractivity contribution is 5.68. The van der Waals surface area contributed by atoms with Crippen LogP contribution in [0.1, 0.15) is 34.6 Å². The maximum Gasteiger partial charge on any atom is 0.408 e. The van der Waals surface area contributed by atoms with Gasteiger partial charge in [-0.1, -0.05) is 0 Å². The summed E-state index contributed by atoms with van der Waals surface area (Å²) >= 11 is 0. The Bertz CT molecular complexity index is 260. The Kier molecular flexibility index (Phi) is 4.67. The zero-order valence-corrected chi connectivity index (χ0v) is 10.3. The van der Waals surface area contributed by atoms with E-state index in [0.29, 0.717) is 0 Å². The van der Waals surface area contributed by atoms with Crippen LogP contribution in [0.15, 0.2) is 5.29 Å². The van der Waals surface area contributed by atoms with Crippen molar-refractivity contribution in [2.45, 2.75) is 45.8 Å². The summed E-state index contributed by atoms with van der Waals surface area (Å²) in [7, 11) is 0. The summed E-state index contributed by atoms with van der Waals surface area (Å²) in [5.41, 5.74) is -1.42. The summed E-state index contributed by atoms with van der Waals surface area (Å²) in [5.74, 6) is 0. The van der Waals surface area contributed by atoms with Gasteiger partial charge in [-0.3, -0.25) is 5.21 Å². The van der Waals surface area contributed by atoms with Crippen LogP contribution in [-0.2, 0) is 4.74 Å². The van der Waals surface area contributed by atoms with Crippen LogP contribution in [0.25, 0.3) is 0 Å². The standard InChI is InChI=1S/C9H19N3O4/c1-8(2,3)16-7(13)10-9(4,5)6-12(15)11-14/h15H,6H2,1-5H3,(H,10,13). The molecule has 0 rings (SSSR count). The van der Waals surface area contributed by atoms with E-state index in [-0.39, 0.29) is 11.7 Å². The molecular weight excluding hydrogens is 214 g/mol. The Hall–Kier alpha value is -1.37. The Balaban J connectivity index is 4.25. The van der Waals surface area contributed by atoms with Crippen LogP contribution >= 0.6 is 0 Å². The SMILES string of the molecule is CC(C)(CN(O)N=O)NC(=O)OC(C)(C)C. The molecule has 7 nitrogen and oxygen atoms in total. The predicted octanol–water partition coefficient (Wildman–Crippen LogP) is 1.66. The van der Waals surface area contributed by atoms with Gasteiger partial charge >= 0.3 is 6.09 Å². The van der Waals surface area contributed by atoms with Gasteiger partial charge in [-0.25, -0.2) is 4.79 Å². The molecule has 0 unspecified atom stereocenters. The number of hydroxylamine groups is 1. The zero-order chi connectivity index (χ0) is 13.0. The van der Waals surface area contributed by atoms with Crippen molar-refractivity contribution in [1.82, 2.24) is 10.5 Å². The van der Waals surface area contributed by atoms with Gasteiger partial charge in [0, 0.05) is 0 Å². The number of nitrogens with one attached hydrogen (secondary N) is 1. The van der Waals surface area contributed by atoms with Crippen LogP contribution in [0.3, 0.4) is 0 Å². The van der Waals surface area contributed by atoms with Gasteiger partial charge in [-0.15, -0.1) is 10.1 Å². The van der Waals surface area contributed by atoms with Crippen molar-refractivity contribution in [3.8, 4) is 0 Å². The van der Waals surface area contributed by atoms with Crippen LogP contribution < -0.4 is 5.32 Å². The maximum absolute atomic E-state index is 11.4. The van der Waals surface area contributed by atoms with E-state index in [1.807, 2.05) is 0 Å². The molecule has 16 heavy (non-hydrogen) atoms. The lowest BCUT2D eigenvalue weighted by molar-refractivity contribution is -0.106. The molecule has 0 aromatic rings. The third-order valence-electron chi connectivity index (χ3n) is 1.47. The average molecular weight is 233 g/mol. The molecule has 1 amide bonds. The molecule has 0 aliphatic carbocycles. The first-order valence-corrected chi connectivity index (χ1v) is 4.86. The Labute approximate surface area is 94.7 Å². The number of amides is 1. The fourth-order valence-corrected chi connectivity index (χ4v) is 1.00. The monoisotopic (exact) mass is 233 g/mol. The Morgan fingerprint density at radius 3 is 2.25 bits per heavy atom. The third kappa shape index (κ3) is 6.99. The summed E-state index contributed by atoms with van der Waals surface area (Å²) in [6, 6.07) is 0. The maximum atomic E-state index is 11.4. The van der Waals surface area contributed by atoms with Crippen molar-refractivity contribution < 1.29 is 14.7 Å². The predicted molar refractivity (Wildman–Crippen MR) is 57.7 cm³/mol. The Morgan fingerprint density at radius 1 is 1.38 bits per heavy atom. The first-order valence-electron chi connectivity index (χ1n) is 4.86. The lowest BCUT2D eigenvalue weighted by atomic mass is 10.1. The molecule has 0 saturated carbocycles. The zero-order valence-electron chi connectivity index (χ0n) is 10.3. The second-order valence-corrected chi connectivity index (χ2v) is 5.12. The number of alkyl carbamates (subject to hydrolysis) is 1. The van der Waals surface area contributed by atoms with Crippen molar-refractivity contribution in [1.29, 1.82) is 0 Å². The van der Waals surface area contributed by atoms with Gasteiger partial charge < -0.3 is 10.1 Å². The van der Waals surface area contributed by atoms with Gasteiger partial charge in [0.1, 0.15) is 5.60 Å². The van der Waals surface area contributed by atoms with Crippen molar-refractivity contribution in [3.63, 3.8) is 0 Å². The topological polar surface area (TPSA) is 91.2 Å². The molecule has 0 radical (unpaired) electrons. The van der Waals surface area contributed by atoms with Gasteiger partial charge in [0.25, 0.3) is 0 Å². The highest BCUT2D eigenvalue weighted by atomic mass is 16.6. The van der Waals surface area contributed by atoms with Crippen LogP contribution in [-0.4, -0.2) is 34.2 Å². The van der Waals surface area contributed by atoms with Crippen LogP contribution in [0.5, 0.6) is 0 Å². The normalized spacial score (nSPS) is 11.9. The largest absolute Gasteiger partial charge is 0.444 e. The molecule has 0 atom stereocenters. The van der Waals surface area contributed by atoms with E-state index in [2.05, 4.69) is 10.6 Å². The second-order valence-electron chi connectivity index (χ2n) is 5.12. The first-order chi connectivity index (χ1) is 7.06. The highest BCUT2D eigenvalue weighted by Crippen LogP contribution is 2.10. The van der Waals surface area contributed by atoms with Gasteiger partial charge in [0.2, 0.25) is 0 Å². The number of nitrogens with zero attached hydrogens (tertiary/aromatic N) is 2. The minimum Gasteiger partial charge on any atom is -0.444 e. The number of ether oxygens (including phenoxy) is 1. The molecule has 0 heterocycles. The van der Waals surface area contributed by atoms with Crippen LogP contribution in [0.2, 0.25) is 0 Å². The summed E-state index contributed by atoms with van der Waals surface area (Å²) in [6.45, 7) is 8.35. The first kappa shape index (κ1) is 14.6. The lowest BCUT2D eigenvalue weighted by Gasteiger charge is -2.29. The lowest BCUT2D eigenvalue weighted by Crippen LogP contribution is -2.51. The summed E-state index contributed by atoms with van der Waals surface area (Å²) in [4.78, 5) is 21.4. The van der Waals surface area contributed by atoms with Gasteiger partial charge in [-0.05, 0) is 34.6 Å². The van der Waals surface area contributed by atoms with Gasteiger partial charge in [0.15, 0.2) is 0 Å². The number of carbonyl (C=O) groups is 1. The molecule has 94 valence electrons. The van der Waals surface area contributed by atoms with E-state index in [9.17, 15) is 9.70 Å². The summed E-state index contributed by atoms with van der Waals surface area (Å²) in [6.07, 6.45) is -0.614.